The Labute approximate surface area is 128 Å². The average Bonchev–Trinajstić information content (AvgIpc) is 2.42. The summed E-state index contributed by atoms with van der Waals surface area (Å²) in [7, 11) is 0. The highest BCUT2D eigenvalue weighted by molar-refractivity contribution is 9.10. The number of halogens is 2. The third-order valence-electron chi connectivity index (χ3n) is 3.27. The molecule has 2 aromatic rings. The first-order valence-corrected chi connectivity index (χ1v) is 7.66. The van der Waals surface area contributed by atoms with Crippen LogP contribution in [0.1, 0.15) is 24.5 Å². The quantitative estimate of drug-likeness (QED) is 0.752. The lowest BCUT2D eigenvalue weighted by atomic mass is 9.98. The molecule has 0 saturated heterocycles. The third-order valence-corrected chi connectivity index (χ3v) is 3.76. The van der Waals surface area contributed by atoms with Crippen molar-refractivity contribution in [3.63, 3.8) is 0 Å². The van der Waals surface area contributed by atoms with E-state index in [1.54, 1.807) is 6.07 Å². The predicted molar refractivity (Wildman–Crippen MR) is 86.3 cm³/mol. The predicted octanol–water partition coefficient (Wildman–Crippen LogP) is 5.06. The van der Waals surface area contributed by atoms with Crippen LogP contribution in [0.15, 0.2) is 40.9 Å². The monoisotopic (exact) mass is 335 g/mol. The van der Waals surface area contributed by atoms with E-state index in [2.05, 4.69) is 40.3 Å². The van der Waals surface area contributed by atoms with Crippen molar-refractivity contribution in [2.75, 3.05) is 6.54 Å². The Bertz CT molecular complexity index is 596. The Morgan fingerprint density at radius 3 is 2.60 bits per heavy atom. The van der Waals surface area contributed by atoms with Crippen LogP contribution in [0, 0.1) is 12.7 Å². The Hall–Kier alpha value is -1.19. The molecule has 0 amide bonds. The van der Waals surface area contributed by atoms with Gasteiger partial charge in [0.1, 0.15) is 5.82 Å². The van der Waals surface area contributed by atoms with Gasteiger partial charge in [-0.2, -0.15) is 0 Å². The van der Waals surface area contributed by atoms with Gasteiger partial charge in [0.15, 0.2) is 0 Å². The maximum atomic E-state index is 14.0. The smallest absolute Gasteiger partial charge is 0.131 e. The van der Waals surface area contributed by atoms with Crippen LogP contribution in [-0.4, -0.2) is 6.54 Å². The van der Waals surface area contributed by atoms with E-state index in [1.165, 1.54) is 11.6 Å². The Morgan fingerprint density at radius 1 is 1.10 bits per heavy atom. The molecule has 2 rings (SSSR count). The van der Waals surface area contributed by atoms with Crippen molar-refractivity contribution < 1.29 is 4.39 Å². The number of hydrogen-bond acceptors (Lipinski definition) is 1. The maximum absolute atomic E-state index is 14.0. The molecule has 0 radical (unpaired) electrons. The normalized spacial score (nSPS) is 10.8. The molecule has 3 heteroatoms. The van der Waals surface area contributed by atoms with Crippen molar-refractivity contribution in [1.29, 1.82) is 0 Å². The second-order valence-electron chi connectivity index (χ2n) is 4.95. The largest absolute Gasteiger partial charge is 0.313 e. The molecule has 0 saturated carbocycles. The molecule has 1 nitrogen and oxygen atoms in total. The van der Waals surface area contributed by atoms with Gasteiger partial charge in [0.25, 0.3) is 0 Å². The van der Waals surface area contributed by atoms with Crippen molar-refractivity contribution in [2.24, 2.45) is 0 Å². The number of aryl methyl sites for hydroxylation is 1. The first-order valence-electron chi connectivity index (χ1n) is 6.87. The molecule has 0 aliphatic rings. The van der Waals surface area contributed by atoms with E-state index in [0.29, 0.717) is 5.56 Å². The van der Waals surface area contributed by atoms with E-state index in [-0.39, 0.29) is 5.82 Å². The highest BCUT2D eigenvalue weighted by Crippen LogP contribution is 2.29. The van der Waals surface area contributed by atoms with Gasteiger partial charge in [0.2, 0.25) is 0 Å². The summed E-state index contributed by atoms with van der Waals surface area (Å²) in [5.74, 6) is -0.187. The van der Waals surface area contributed by atoms with E-state index < -0.39 is 0 Å². The van der Waals surface area contributed by atoms with Crippen LogP contribution in [-0.2, 0) is 6.54 Å². The molecule has 106 valence electrons. The van der Waals surface area contributed by atoms with Gasteiger partial charge in [-0.05, 0) is 54.8 Å². The topological polar surface area (TPSA) is 12.0 Å². The molecule has 0 aliphatic carbocycles. The fourth-order valence-electron chi connectivity index (χ4n) is 2.25. The summed E-state index contributed by atoms with van der Waals surface area (Å²) in [6, 6.07) is 11.2. The zero-order chi connectivity index (χ0) is 14.5. The lowest BCUT2D eigenvalue weighted by Crippen LogP contribution is -2.13. The third kappa shape index (κ3) is 3.68. The minimum atomic E-state index is -0.187. The van der Waals surface area contributed by atoms with Gasteiger partial charge in [-0.25, -0.2) is 4.39 Å². The Kier molecular flexibility index (Phi) is 5.32. The Balaban J connectivity index is 2.27. The molecule has 0 heterocycles. The summed E-state index contributed by atoms with van der Waals surface area (Å²) in [5, 5.41) is 3.38. The second-order valence-corrected chi connectivity index (χ2v) is 5.87. The molecule has 0 bridgehead atoms. The number of rotatable bonds is 5. The van der Waals surface area contributed by atoms with E-state index in [1.807, 2.05) is 19.1 Å². The molecule has 0 aromatic heterocycles. The summed E-state index contributed by atoms with van der Waals surface area (Å²) in [6.07, 6.45) is 1.13. The fraction of sp³-hybridized carbons (Fsp3) is 0.294. The number of hydrogen-bond donors (Lipinski definition) is 1. The molecule has 0 spiro atoms. The molecule has 2 aromatic carbocycles. The van der Waals surface area contributed by atoms with Crippen molar-refractivity contribution in [1.82, 2.24) is 5.32 Å². The van der Waals surface area contributed by atoms with Crippen molar-refractivity contribution in [3.05, 3.63) is 57.8 Å². The van der Waals surface area contributed by atoms with E-state index in [9.17, 15) is 4.39 Å². The lowest BCUT2D eigenvalue weighted by Gasteiger charge is -2.11. The van der Waals surface area contributed by atoms with Crippen molar-refractivity contribution >= 4 is 15.9 Å². The maximum Gasteiger partial charge on any atom is 0.131 e. The van der Waals surface area contributed by atoms with Crippen molar-refractivity contribution in [3.8, 4) is 11.1 Å². The standard InChI is InChI=1S/C17H19BrFN/c1-3-8-20-11-13-4-6-15(12(2)9-13)16-10-14(18)5-7-17(16)19/h4-7,9-10,20H,3,8,11H2,1-2H3. The molecule has 0 unspecified atom stereocenters. The van der Waals surface area contributed by atoms with Gasteiger partial charge in [-0.15, -0.1) is 0 Å². The highest BCUT2D eigenvalue weighted by atomic mass is 79.9. The van der Waals surface area contributed by atoms with Gasteiger partial charge >= 0.3 is 0 Å². The van der Waals surface area contributed by atoms with Crippen LogP contribution in [0.3, 0.4) is 0 Å². The first-order chi connectivity index (χ1) is 9.61. The average molecular weight is 336 g/mol. The molecule has 1 N–H and O–H groups in total. The minimum Gasteiger partial charge on any atom is -0.313 e. The van der Waals surface area contributed by atoms with Gasteiger partial charge in [-0.3, -0.25) is 0 Å². The second kappa shape index (κ2) is 7.00. The lowest BCUT2D eigenvalue weighted by molar-refractivity contribution is 0.631. The van der Waals surface area contributed by atoms with Crippen LogP contribution in [0.5, 0.6) is 0 Å². The van der Waals surface area contributed by atoms with Crippen LogP contribution < -0.4 is 5.32 Å². The van der Waals surface area contributed by atoms with Gasteiger partial charge in [0.05, 0.1) is 0 Å². The van der Waals surface area contributed by atoms with E-state index >= 15 is 0 Å². The SMILES string of the molecule is CCCNCc1ccc(-c2cc(Br)ccc2F)c(C)c1. The van der Waals surface area contributed by atoms with Crippen LogP contribution in [0.25, 0.3) is 11.1 Å². The van der Waals surface area contributed by atoms with E-state index in [0.717, 1.165) is 35.1 Å². The van der Waals surface area contributed by atoms with Gasteiger partial charge in [0, 0.05) is 16.6 Å². The molecule has 0 fully saturated rings. The van der Waals surface area contributed by atoms with Crippen molar-refractivity contribution in [2.45, 2.75) is 26.8 Å². The highest BCUT2D eigenvalue weighted by Gasteiger charge is 2.09. The molecular weight excluding hydrogens is 317 g/mol. The number of benzene rings is 2. The Morgan fingerprint density at radius 2 is 1.90 bits per heavy atom. The molecular formula is C17H19BrFN. The van der Waals surface area contributed by atoms with E-state index in [4.69, 9.17) is 0 Å². The van der Waals surface area contributed by atoms with Crippen LogP contribution >= 0.6 is 15.9 Å². The van der Waals surface area contributed by atoms with Crippen LogP contribution in [0.4, 0.5) is 4.39 Å². The molecule has 20 heavy (non-hydrogen) atoms. The summed E-state index contributed by atoms with van der Waals surface area (Å²) < 4.78 is 14.8. The van der Waals surface area contributed by atoms with Crippen LogP contribution in [0.2, 0.25) is 0 Å². The summed E-state index contributed by atoms with van der Waals surface area (Å²) in [5.41, 5.74) is 3.92. The van der Waals surface area contributed by atoms with Gasteiger partial charge in [-0.1, -0.05) is 41.1 Å². The number of nitrogens with one attached hydrogen (secondary N) is 1. The summed E-state index contributed by atoms with van der Waals surface area (Å²) in [6.45, 7) is 6.05. The molecule has 0 atom stereocenters. The summed E-state index contributed by atoms with van der Waals surface area (Å²) >= 11 is 3.40. The zero-order valence-electron chi connectivity index (χ0n) is 11.8. The molecule has 0 aliphatic heterocycles. The zero-order valence-corrected chi connectivity index (χ0v) is 13.4. The first kappa shape index (κ1) is 15.2. The van der Waals surface area contributed by atoms with Gasteiger partial charge < -0.3 is 5.32 Å². The fourth-order valence-corrected chi connectivity index (χ4v) is 2.61. The summed E-state index contributed by atoms with van der Waals surface area (Å²) in [4.78, 5) is 0. The minimum absolute atomic E-state index is 0.187.